The Labute approximate surface area is 150 Å². The molecule has 2 heterocycles. The molecule has 3 aromatic rings. The molecule has 1 aromatic heterocycles. The number of H-pyrrole nitrogens is 1. The van der Waals surface area contributed by atoms with E-state index in [-0.39, 0.29) is 17.6 Å². The monoisotopic (exact) mass is 350 g/mol. The van der Waals surface area contributed by atoms with E-state index < -0.39 is 0 Å². The zero-order chi connectivity index (χ0) is 17.9. The molecule has 5 nitrogen and oxygen atoms in total. The maximum Gasteiger partial charge on any atom is 0.253 e. The van der Waals surface area contributed by atoms with Crippen LogP contribution in [0.3, 0.4) is 0 Å². The van der Waals surface area contributed by atoms with Gasteiger partial charge in [-0.25, -0.2) is 9.37 Å². The number of nitrogens with one attached hydrogen (secondary N) is 1. The lowest BCUT2D eigenvalue weighted by molar-refractivity contribution is 0.0704. The average molecular weight is 350 g/mol. The van der Waals surface area contributed by atoms with Crippen LogP contribution in [0.4, 0.5) is 4.39 Å². The lowest BCUT2D eigenvalue weighted by Gasteiger charge is -2.31. The van der Waals surface area contributed by atoms with Gasteiger partial charge in [0.15, 0.2) is 5.82 Å². The number of carbonyl (C=O) groups is 1. The van der Waals surface area contributed by atoms with Crippen molar-refractivity contribution < 1.29 is 9.18 Å². The molecular weight excluding hydrogens is 331 g/mol. The summed E-state index contributed by atoms with van der Waals surface area (Å²) < 4.78 is 13.1. The van der Waals surface area contributed by atoms with Gasteiger partial charge < -0.3 is 4.90 Å². The minimum Gasteiger partial charge on any atom is -0.338 e. The smallest absolute Gasteiger partial charge is 0.253 e. The third-order valence-electron chi connectivity index (χ3n) is 4.72. The Morgan fingerprint density at radius 3 is 2.65 bits per heavy atom. The Kier molecular flexibility index (Phi) is 4.48. The van der Waals surface area contributed by atoms with Crippen LogP contribution in [0, 0.1) is 5.82 Å². The second kappa shape index (κ2) is 7.07. The number of halogens is 1. The Morgan fingerprint density at radius 2 is 1.88 bits per heavy atom. The van der Waals surface area contributed by atoms with Gasteiger partial charge in [-0.1, -0.05) is 18.2 Å². The fraction of sp³-hybridized carbons (Fsp3) is 0.250. The first-order chi connectivity index (χ1) is 12.7. The Morgan fingerprint density at radius 1 is 1.12 bits per heavy atom. The van der Waals surface area contributed by atoms with Gasteiger partial charge in [0, 0.05) is 30.1 Å². The summed E-state index contributed by atoms with van der Waals surface area (Å²) in [6.07, 6.45) is 1.88. The van der Waals surface area contributed by atoms with Crippen LogP contribution in [-0.4, -0.2) is 39.1 Å². The summed E-state index contributed by atoms with van der Waals surface area (Å²) in [5, 5.41) is 7.25. The van der Waals surface area contributed by atoms with E-state index in [4.69, 9.17) is 0 Å². The largest absolute Gasteiger partial charge is 0.338 e. The number of nitrogens with zero attached hydrogens (tertiary/aromatic N) is 3. The van der Waals surface area contributed by atoms with E-state index >= 15 is 0 Å². The van der Waals surface area contributed by atoms with Gasteiger partial charge in [-0.2, -0.15) is 5.10 Å². The van der Waals surface area contributed by atoms with Gasteiger partial charge in [-0.05, 0) is 49.2 Å². The van der Waals surface area contributed by atoms with Crippen LogP contribution in [0.5, 0.6) is 0 Å². The number of aromatic nitrogens is 3. The highest BCUT2D eigenvalue weighted by Crippen LogP contribution is 2.27. The zero-order valence-electron chi connectivity index (χ0n) is 14.2. The molecule has 2 aromatic carbocycles. The minimum absolute atomic E-state index is 0.0496. The Bertz CT molecular complexity index is 892. The molecule has 1 N–H and O–H groups in total. The fourth-order valence-corrected chi connectivity index (χ4v) is 3.33. The standard InChI is InChI=1S/C20H19FN4O/c21-17-10-8-14(9-11-17)18-22-19(24-23-18)16-7-4-12-25(13-16)20(26)15-5-2-1-3-6-15/h1-3,5-6,8-11,16H,4,7,12-13H2,(H,22,23,24)/t16-/m0/s1. The quantitative estimate of drug-likeness (QED) is 0.785. The van der Waals surface area contributed by atoms with Crippen LogP contribution in [0.1, 0.15) is 34.9 Å². The molecule has 1 amide bonds. The van der Waals surface area contributed by atoms with Crippen molar-refractivity contribution in [3.63, 3.8) is 0 Å². The molecule has 0 bridgehead atoms. The van der Waals surface area contributed by atoms with Crippen molar-refractivity contribution in [1.29, 1.82) is 0 Å². The Hall–Kier alpha value is -3.02. The number of likely N-dealkylation sites (tertiary alicyclic amines) is 1. The molecule has 132 valence electrons. The van der Waals surface area contributed by atoms with Gasteiger partial charge in [0.1, 0.15) is 11.6 Å². The van der Waals surface area contributed by atoms with Gasteiger partial charge in [0.05, 0.1) is 0 Å². The highest BCUT2D eigenvalue weighted by Gasteiger charge is 2.27. The summed E-state index contributed by atoms with van der Waals surface area (Å²) in [5.41, 5.74) is 1.47. The average Bonchev–Trinajstić information content (AvgIpc) is 3.19. The number of hydrogen-bond acceptors (Lipinski definition) is 3. The topological polar surface area (TPSA) is 61.9 Å². The van der Waals surface area contributed by atoms with Crippen molar-refractivity contribution in [3.8, 4) is 11.4 Å². The van der Waals surface area contributed by atoms with Crippen molar-refractivity contribution in [2.24, 2.45) is 0 Å². The zero-order valence-corrected chi connectivity index (χ0v) is 14.2. The summed E-state index contributed by atoms with van der Waals surface area (Å²) in [6, 6.07) is 15.4. The number of carbonyl (C=O) groups excluding carboxylic acids is 1. The first-order valence-corrected chi connectivity index (χ1v) is 8.73. The number of amides is 1. The third-order valence-corrected chi connectivity index (χ3v) is 4.72. The normalized spacial score (nSPS) is 17.3. The van der Waals surface area contributed by atoms with Crippen LogP contribution < -0.4 is 0 Å². The van der Waals surface area contributed by atoms with E-state index in [1.165, 1.54) is 12.1 Å². The molecule has 0 spiro atoms. The molecule has 26 heavy (non-hydrogen) atoms. The van der Waals surface area contributed by atoms with Gasteiger partial charge in [0.25, 0.3) is 5.91 Å². The molecule has 0 unspecified atom stereocenters. The summed E-state index contributed by atoms with van der Waals surface area (Å²) in [7, 11) is 0. The molecule has 1 fully saturated rings. The second-order valence-corrected chi connectivity index (χ2v) is 6.51. The second-order valence-electron chi connectivity index (χ2n) is 6.51. The summed E-state index contributed by atoms with van der Waals surface area (Å²) in [5.74, 6) is 1.21. The minimum atomic E-state index is -0.285. The number of aromatic amines is 1. The van der Waals surface area contributed by atoms with E-state index in [1.54, 1.807) is 12.1 Å². The van der Waals surface area contributed by atoms with Gasteiger partial charge in [-0.15, -0.1) is 0 Å². The van der Waals surface area contributed by atoms with Crippen LogP contribution in [0.25, 0.3) is 11.4 Å². The highest BCUT2D eigenvalue weighted by atomic mass is 19.1. The van der Waals surface area contributed by atoms with E-state index in [1.807, 2.05) is 35.2 Å². The lowest BCUT2D eigenvalue weighted by atomic mass is 9.96. The predicted octanol–water partition coefficient (Wildman–Crippen LogP) is 3.63. The van der Waals surface area contributed by atoms with Gasteiger partial charge in [-0.3, -0.25) is 9.89 Å². The van der Waals surface area contributed by atoms with Gasteiger partial charge >= 0.3 is 0 Å². The maximum absolute atomic E-state index is 13.1. The number of rotatable bonds is 3. The van der Waals surface area contributed by atoms with Crippen molar-refractivity contribution in [2.75, 3.05) is 13.1 Å². The van der Waals surface area contributed by atoms with Crippen molar-refractivity contribution in [2.45, 2.75) is 18.8 Å². The van der Waals surface area contributed by atoms with E-state index in [9.17, 15) is 9.18 Å². The van der Waals surface area contributed by atoms with Crippen molar-refractivity contribution in [1.82, 2.24) is 20.1 Å². The van der Waals surface area contributed by atoms with Crippen LogP contribution in [0.15, 0.2) is 54.6 Å². The first kappa shape index (κ1) is 16.4. The molecule has 1 aliphatic heterocycles. The van der Waals surface area contributed by atoms with E-state index in [0.29, 0.717) is 17.9 Å². The molecule has 0 saturated carbocycles. The summed E-state index contributed by atoms with van der Waals surface area (Å²) in [6.45, 7) is 1.37. The predicted molar refractivity (Wildman–Crippen MR) is 96.1 cm³/mol. The lowest BCUT2D eigenvalue weighted by Crippen LogP contribution is -2.39. The molecule has 0 radical (unpaired) electrons. The molecule has 4 rings (SSSR count). The molecular formula is C20H19FN4O. The van der Waals surface area contributed by atoms with Crippen molar-refractivity contribution >= 4 is 5.91 Å². The van der Waals surface area contributed by atoms with Crippen LogP contribution >= 0.6 is 0 Å². The highest BCUT2D eigenvalue weighted by molar-refractivity contribution is 5.94. The van der Waals surface area contributed by atoms with E-state index in [2.05, 4.69) is 15.2 Å². The molecule has 1 atom stereocenters. The Balaban J connectivity index is 1.50. The summed E-state index contributed by atoms with van der Waals surface area (Å²) >= 11 is 0. The van der Waals surface area contributed by atoms with E-state index in [0.717, 1.165) is 30.8 Å². The van der Waals surface area contributed by atoms with Crippen molar-refractivity contribution in [3.05, 3.63) is 71.8 Å². The molecule has 1 aliphatic rings. The summed E-state index contributed by atoms with van der Waals surface area (Å²) in [4.78, 5) is 19.1. The van der Waals surface area contributed by atoms with Crippen LogP contribution in [-0.2, 0) is 0 Å². The van der Waals surface area contributed by atoms with Crippen LogP contribution in [0.2, 0.25) is 0 Å². The maximum atomic E-state index is 13.1. The SMILES string of the molecule is O=C(c1ccccc1)N1CCC[C@H](c2nc(-c3ccc(F)cc3)n[nH]2)C1. The number of hydrogen-bond donors (Lipinski definition) is 1. The fourth-order valence-electron chi connectivity index (χ4n) is 3.33. The molecule has 6 heteroatoms. The number of piperidine rings is 1. The first-order valence-electron chi connectivity index (χ1n) is 8.73. The molecule has 0 aliphatic carbocycles. The number of benzene rings is 2. The third kappa shape index (κ3) is 3.35. The van der Waals surface area contributed by atoms with Gasteiger partial charge in [0.2, 0.25) is 0 Å². The molecule has 1 saturated heterocycles.